The largest absolute Gasteiger partial charge is 0.425 e. The number of fused-ring (bicyclic) bond motifs is 1. The molecule has 0 spiro atoms. The van der Waals surface area contributed by atoms with Gasteiger partial charge >= 0.3 is 5.97 Å². The Labute approximate surface area is 92.5 Å². The van der Waals surface area contributed by atoms with Crippen LogP contribution in [0.4, 0.5) is 0 Å². The summed E-state index contributed by atoms with van der Waals surface area (Å²) in [7, 11) is 0. The molecule has 13 heavy (non-hydrogen) atoms. The predicted molar refractivity (Wildman–Crippen MR) is 56.4 cm³/mol. The van der Waals surface area contributed by atoms with E-state index < -0.39 is 3.23 Å². The van der Waals surface area contributed by atoms with Crippen LogP contribution in [0, 0.1) is 0 Å². The van der Waals surface area contributed by atoms with Crippen LogP contribution < -0.4 is 4.74 Å². The minimum absolute atomic E-state index is 0.300. The number of carbonyl (C=O) groups excluding carboxylic acids is 1. The topological polar surface area (TPSA) is 26.3 Å². The molecule has 0 N–H and O–H groups in total. The maximum absolute atomic E-state index is 11.4. The summed E-state index contributed by atoms with van der Waals surface area (Å²) in [6.45, 7) is 0. The molecule has 0 unspecified atom stereocenters. The van der Waals surface area contributed by atoms with Crippen molar-refractivity contribution in [3.05, 3.63) is 29.8 Å². The Balaban J connectivity index is 2.44. The molecule has 1 aliphatic heterocycles. The van der Waals surface area contributed by atoms with Crippen molar-refractivity contribution in [3.63, 3.8) is 0 Å². The predicted octanol–water partition coefficient (Wildman–Crippen LogP) is 2.63. The molecular weight excluding hydrogens is 300 g/mol. The number of ether oxygens (including phenoxy) is 1. The Kier molecular flexibility index (Phi) is 2.20. The van der Waals surface area contributed by atoms with E-state index in [-0.39, 0.29) is 5.97 Å². The van der Waals surface area contributed by atoms with Crippen LogP contribution in [0.3, 0.4) is 0 Å². The molecule has 0 aliphatic carbocycles. The Morgan fingerprint density at radius 2 is 2.00 bits per heavy atom. The summed E-state index contributed by atoms with van der Waals surface area (Å²) in [4.78, 5) is 11.4. The molecule has 1 heterocycles. The third kappa shape index (κ3) is 1.65. The highest BCUT2D eigenvalue weighted by Crippen LogP contribution is 2.39. The van der Waals surface area contributed by atoms with Crippen LogP contribution in [-0.4, -0.2) is 9.20 Å². The first-order chi connectivity index (χ1) is 6.09. The zero-order valence-corrected chi connectivity index (χ0v) is 9.76. The van der Waals surface area contributed by atoms with Crippen LogP contribution in [0.1, 0.15) is 5.56 Å². The molecule has 0 saturated heterocycles. The van der Waals surface area contributed by atoms with Crippen molar-refractivity contribution >= 4 is 37.8 Å². The molecular formula is C9H6Br2O2. The number of para-hydroxylation sites is 1. The third-order valence-corrected chi connectivity index (χ3v) is 3.09. The van der Waals surface area contributed by atoms with Gasteiger partial charge in [-0.05, 0) is 11.6 Å². The van der Waals surface area contributed by atoms with Crippen molar-refractivity contribution in [2.24, 2.45) is 0 Å². The normalized spacial score (nSPS) is 19.1. The summed E-state index contributed by atoms with van der Waals surface area (Å²) in [5, 5.41) is 0. The van der Waals surface area contributed by atoms with Gasteiger partial charge in [-0.3, -0.25) is 0 Å². The summed E-state index contributed by atoms with van der Waals surface area (Å²) in [5.41, 5.74) is 1.02. The first-order valence-corrected chi connectivity index (χ1v) is 5.36. The van der Waals surface area contributed by atoms with Gasteiger partial charge in [-0.2, -0.15) is 0 Å². The van der Waals surface area contributed by atoms with Gasteiger partial charge in [0.15, 0.2) is 3.23 Å². The smallest absolute Gasteiger partial charge is 0.339 e. The molecule has 2 nitrogen and oxygen atoms in total. The van der Waals surface area contributed by atoms with Crippen LogP contribution in [0.15, 0.2) is 24.3 Å². The van der Waals surface area contributed by atoms with Gasteiger partial charge in [0.2, 0.25) is 0 Å². The molecule has 0 aromatic heterocycles. The first kappa shape index (κ1) is 9.21. The SMILES string of the molecule is O=C1Oc2ccccc2CC1(Br)Br. The number of hydrogen-bond donors (Lipinski definition) is 0. The molecule has 0 saturated carbocycles. The monoisotopic (exact) mass is 304 g/mol. The minimum Gasteiger partial charge on any atom is -0.425 e. The van der Waals surface area contributed by atoms with E-state index in [1.807, 2.05) is 18.2 Å². The van der Waals surface area contributed by atoms with Crippen LogP contribution in [0.5, 0.6) is 5.75 Å². The van der Waals surface area contributed by atoms with Crippen molar-refractivity contribution in [2.45, 2.75) is 9.65 Å². The molecule has 4 heteroatoms. The van der Waals surface area contributed by atoms with Gasteiger partial charge in [0.05, 0.1) is 0 Å². The Hall–Kier alpha value is -0.350. The maximum atomic E-state index is 11.4. The highest BCUT2D eigenvalue weighted by Gasteiger charge is 2.39. The summed E-state index contributed by atoms with van der Waals surface area (Å²) < 4.78 is 4.36. The number of hydrogen-bond acceptors (Lipinski definition) is 2. The molecule has 0 fully saturated rings. The molecule has 1 aromatic rings. The number of benzene rings is 1. The third-order valence-electron chi connectivity index (χ3n) is 1.89. The summed E-state index contributed by atoms with van der Waals surface area (Å²) in [5.74, 6) is 0.355. The maximum Gasteiger partial charge on any atom is 0.339 e. The van der Waals surface area contributed by atoms with Crippen molar-refractivity contribution in [1.82, 2.24) is 0 Å². The van der Waals surface area contributed by atoms with Crippen LogP contribution in [-0.2, 0) is 11.2 Å². The fourth-order valence-corrected chi connectivity index (χ4v) is 2.00. The molecule has 0 bridgehead atoms. The number of rotatable bonds is 0. The average molecular weight is 306 g/mol. The molecule has 0 amide bonds. The second kappa shape index (κ2) is 3.10. The molecule has 2 rings (SSSR count). The average Bonchev–Trinajstić information content (AvgIpc) is 2.06. The number of halogens is 2. The van der Waals surface area contributed by atoms with E-state index in [9.17, 15) is 4.79 Å². The van der Waals surface area contributed by atoms with E-state index in [1.165, 1.54) is 0 Å². The van der Waals surface area contributed by atoms with E-state index in [4.69, 9.17) is 4.74 Å². The fourth-order valence-electron chi connectivity index (χ4n) is 1.24. The lowest BCUT2D eigenvalue weighted by Gasteiger charge is -2.25. The standard InChI is InChI=1S/C9H6Br2O2/c10-9(11)5-6-3-1-2-4-7(6)13-8(9)12/h1-4H,5H2. The molecule has 1 aromatic carbocycles. The van der Waals surface area contributed by atoms with Crippen LogP contribution >= 0.6 is 31.9 Å². The molecule has 68 valence electrons. The summed E-state index contributed by atoms with van der Waals surface area (Å²) in [6, 6.07) is 7.51. The second-order valence-electron chi connectivity index (χ2n) is 2.88. The van der Waals surface area contributed by atoms with E-state index in [2.05, 4.69) is 31.9 Å². The lowest BCUT2D eigenvalue weighted by molar-refractivity contribution is -0.135. The van der Waals surface area contributed by atoms with Gasteiger partial charge < -0.3 is 4.74 Å². The quantitative estimate of drug-likeness (QED) is 0.418. The van der Waals surface area contributed by atoms with E-state index in [0.717, 1.165) is 5.56 Å². The summed E-state index contributed by atoms with van der Waals surface area (Å²) in [6.07, 6.45) is 0.599. The Morgan fingerprint density at radius 3 is 2.77 bits per heavy atom. The Bertz CT molecular complexity index is 360. The van der Waals surface area contributed by atoms with Crippen molar-refractivity contribution in [2.75, 3.05) is 0 Å². The lowest BCUT2D eigenvalue weighted by atomic mass is 10.1. The van der Waals surface area contributed by atoms with Gasteiger partial charge in [0.25, 0.3) is 0 Å². The zero-order valence-electron chi connectivity index (χ0n) is 6.59. The van der Waals surface area contributed by atoms with Gasteiger partial charge in [-0.15, -0.1) is 0 Å². The van der Waals surface area contributed by atoms with Gasteiger partial charge in [0, 0.05) is 6.42 Å². The fraction of sp³-hybridized carbons (Fsp3) is 0.222. The van der Waals surface area contributed by atoms with Crippen molar-refractivity contribution in [1.29, 1.82) is 0 Å². The van der Waals surface area contributed by atoms with Crippen molar-refractivity contribution in [3.8, 4) is 5.75 Å². The first-order valence-electron chi connectivity index (χ1n) is 3.77. The van der Waals surface area contributed by atoms with Gasteiger partial charge in [0.1, 0.15) is 5.75 Å². The molecule has 0 atom stereocenters. The molecule has 1 aliphatic rings. The van der Waals surface area contributed by atoms with Crippen LogP contribution in [0.25, 0.3) is 0 Å². The highest BCUT2D eigenvalue weighted by molar-refractivity contribution is 9.25. The van der Waals surface area contributed by atoms with Crippen LogP contribution in [0.2, 0.25) is 0 Å². The Morgan fingerprint density at radius 1 is 1.31 bits per heavy atom. The highest BCUT2D eigenvalue weighted by atomic mass is 79.9. The number of alkyl halides is 2. The number of esters is 1. The zero-order chi connectivity index (χ0) is 9.47. The summed E-state index contributed by atoms with van der Waals surface area (Å²) >= 11 is 6.54. The number of carbonyl (C=O) groups is 1. The lowest BCUT2D eigenvalue weighted by Crippen LogP contribution is -2.35. The molecule has 0 radical (unpaired) electrons. The van der Waals surface area contributed by atoms with Crippen molar-refractivity contribution < 1.29 is 9.53 Å². The minimum atomic E-state index is -0.756. The van der Waals surface area contributed by atoms with E-state index in [1.54, 1.807) is 6.07 Å². The van der Waals surface area contributed by atoms with Gasteiger partial charge in [-0.25, -0.2) is 4.79 Å². The van der Waals surface area contributed by atoms with Gasteiger partial charge in [-0.1, -0.05) is 50.1 Å². The van der Waals surface area contributed by atoms with E-state index in [0.29, 0.717) is 12.2 Å². The second-order valence-corrected chi connectivity index (χ2v) is 6.65. The van der Waals surface area contributed by atoms with E-state index >= 15 is 0 Å².